The van der Waals surface area contributed by atoms with Crippen molar-refractivity contribution in [3.05, 3.63) is 48.6 Å². The lowest BCUT2D eigenvalue weighted by Gasteiger charge is -2.32. The first-order valence-electron chi connectivity index (χ1n) is 28.0. The van der Waals surface area contributed by atoms with Crippen LogP contribution in [0.15, 0.2) is 31.5 Å². The highest BCUT2D eigenvalue weighted by Gasteiger charge is 2.29. The van der Waals surface area contributed by atoms with Gasteiger partial charge in [-0.15, -0.1) is 0 Å². The van der Waals surface area contributed by atoms with Gasteiger partial charge in [-0.2, -0.15) is 0 Å². The number of aromatic nitrogens is 2. The summed E-state index contributed by atoms with van der Waals surface area (Å²) in [6.45, 7) is 23.3. The van der Waals surface area contributed by atoms with Gasteiger partial charge in [0, 0.05) is 153 Å². The van der Waals surface area contributed by atoms with Crippen LogP contribution in [0.5, 0.6) is 5.88 Å². The molecule has 0 bridgehead atoms. The molecule has 406 valence electrons. The minimum atomic E-state index is -0.339. The Labute approximate surface area is 433 Å². The monoisotopic (exact) mass is 1010 g/mol. The van der Waals surface area contributed by atoms with Gasteiger partial charge >= 0.3 is 0 Å². The summed E-state index contributed by atoms with van der Waals surface area (Å²) in [5, 5.41) is 25.1. The van der Waals surface area contributed by atoms with Crippen molar-refractivity contribution >= 4 is 33.7 Å². The van der Waals surface area contributed by atoms with E-state index in [1.807, 2.05) is 6.07 Å². The standard InChI is InChI=1S/C54H88N12O4.CH2O2/c1-57-25-33-61(34-26-57)19-11-5-9-17-55-45-41-43-48-47-44(52(68)65(53(69)49(45)47)23-15-7-13-21-63-37-29-59(3)30-38-63)42-46(56-18-10-6-12-20-62-35-27-58(2)28-36-62)50(48)54(70)66(51(43)67)24-16-8-14-22-64-39-31-60(4)32-40-64;2-1-3/h41-42,55,67H,5-40H2,1-4H3;1H,(H,2,3). The summed E-state index contributed by atoms with van der Waals surface area (Å²) >= 11 is 0. The van der Waals surface area contributed by atoms with E-state index in [2.05, 4.69) is 72.7 Å². The van der Waals surface area contributed by atoms with Crippen molar-refractivity contribution in [3.63, 3.8) is 0 Å². The van der Waals surface area contributed by atoms with Crippen LogP contribution in [-0.2, 0) is 17.9 Å². The number of carbonyl (C=O) groups is 1. The Hall–Kier alpha value is -4.27. The number of nitrogens with one attached hydrogen (secondary N) is 1. The second kappa shape index (κ2) is 28.6. The Morgan fingerprint density at radius 2 is 0.890 bits per heavy atom. The van der Waals surface area contributed by atoms with Gasteiger partial charge in [-0.1, -0.05) is 25.7 Å². The largest absolute Gasteiger partial charge is 0.494 e. The summed E-state index contributed by atoms with van der Waals surface area (Å²) in [5.74, 6) is -0.104. The summed E-state index contributed by atoms with van der Waals surface area (Å²) in [6.07, 6.45) is 11.4. The number of carboxylic acid groups (broad SMARTS) is 1. The highest BCUT2D eigenvalue weighted by atomic mass is 16.3. The highest BCUT2D eigenvalue weighted by molar-refractivity contribution is 6.18. The third kappa shape index (κ3) is 15.4. The number of aromatic hydroxyl groups is 1. The average Bonchev–Trinajstić information content (AvgIpc) is 3.38. The van der Waals surface area contributed by atoms with Crippen molar-refractivity contribution in [2.24, 2.45) is 4.99 Å². The molecular weight excluding hydrogens is 925 g/mol. The zero-order valence-electron chi connectivity index (χ0n) is 45.1. The first kappa shape index (κ1) is 56.5. The predicted octanol–water partition coefficient (Wildman–Crippen LogP) is 3.05. The lowest BCUT2D eigenvalue weighted by Crippen LogP contribution is -2.44. The van der Waals surface area contributed by atoms with E-state index in [-0.39, 0.29) is 29.0 Å². The van der Waals surface area contributed by atoms with Gasteiger partial charge in [0.25, 0.3) is 23.2 Å². The van der Waals surface area contributed by atoms with Crippen LogP contribution >= 0.6 is 0 Å². The topological polar surface area (TPSA) is 169 Å². The molecule has 1 aromatic carbocycles. The number of likely N-dealkylation sites (N-methyl/N-ethyl adjacent to an activating group) is 4. The number of hydrogen-bond donors (Lipinski definition) is 3. The van der Waals surface area contributed by atoms with Gasteiger partial charge < -0.3 is 54.7 Å². The van der Waals surface area contributed by atoms with Gasteiger partial charge in [-0.3, -0.25) is 33.3 Å². The third-order valence-electron chi connectivity index (χ3n) is 16.3. The Bertz CT molecular complexity index is 2510. The first-order valence-corrected chi connectivity index (χ1v) is 28.0. The van der Waals surface area contributed by atoms with E-state index in [4.69, 9.17) is 14.9 Å². The molecule has 1 aliphatic carbocycles. The van der Waals surface area contributed by atoms with Gasteiger partial charge in [0.15, 0.2) is 0 Å². The Morgan fingerprint density at radius 3 is 1.36 bits per heavy atom. The van der Waals surface area contributed by atoms with Crippen LogP contribution in [0.3, 0.4) is 0 Å². The van der Waals surface area contributed by atoms with E-state index in [1.165, 1.54) is 9.13 Å². The van der Waals surface area contributed by atoms with E-state index in [0.29, 0.717) is 69.9 Å². The number of hydrogen-bond acceptors (Lipinski definition) is 15. The molecule has 4 fully saturated rings. The molecule has 18 heteroatoms. The number of benzene rings is 2. The maximum Gasteiger partial charge on any atom is 0.290 e. The maximum absolute atomic E-state index is 14.9. The molecule has 4 saturated heterocycles. The molecule has 2 aromatic rings. The zero-order chi connectivity index (χ0) is 51.7. The maximum atomic E-state index is 14.9. The van der Waals surface area contributed by atoms with Crippen LogP contribution in [0.2, 0.25) is 0 Å². The zero-order valence-corrected chi connectivity index (χ0v) is 45.1. The predicted molar refractivity (Wildman–Crippen MR) is 296 cm³/mol. The first-order chi connectivity index (χ1) is 35.5. The van der Waals surface area contributed by atoms with E-state index in [0.717, 1.165) is 208 Å². The molecule has 5 aliphatic heterocycles. The smallest absolute Gasteiger partial charge is 0.290 e. The number of nitrogens with zero attached hydrogens (tertiary/aromatic N) is 11. The van der Waals surface area contributed by atoms with E-state index < -0.39 is 0 Å². The van der Waals surface area contributed by atoms with Crippen LogP contribution in [0.4, 0.5) is 5.69 Å². The van der Waals surface area contributed by atoms with E-state index in [9.17, 15) is 19.5 Å². The molecule has 0 spiro atoms. The number of unbranched alkanes of at least 4 members (excludes halogenated alkanes) is 8. The van der Waals surface area contributed by atoms with Crippen molar-refractivity contribution in [1.82, 2.24) is 48.3 Å². The summed E-state index contributed by atoms with van der Waals surface area (Å²) in [6, 6.07) is 3.70. The minimum absolute atomic E-state index is 0.104. The lowest BCUT2D eigenvalue weighted by atomic mass is 9.89. The molecule has 3 N–H and O–H groups in total. The van der Waals surface area contributed by atoms with Gasteiger partial charge in [-0.25, -0.2) is 0 Å². The molecule has 0 saturated carbocycles. The fraction of sp³-hybridized carbons (Fsp3) is 0.727. The number of anilines is 1. The van der Waals surface area contributed by atoms with Crippen LogP contribution in [0, 0.1) is 0 Å². The Balaban J connectivity index is 0.00000254. The molecule has 1 aromatic heterocycles. The normalized spacial score (nSPS) is 19.2. The summed E-state index contributed by atoms with van der Waals surface area (Å²) in [4.78, 5) is 77.8. The molecule has 0 atom stereocenters. The molecule has 0 unspecified atom stereocenters. The van der Waals surface area contributed by atoms with Crippen molar-refractivity contribution < 1.29 is 15.0 Å². The van der Waals surface area contributed by atoms with Crippen LogP contribution in [0.1, 0.15) is 77.0 Å². The highest BCUT2D eigenvalue weighted by Crippen LogP contribution is 2.41. The van der Waals surface area contributed by atoms with Crippen LogP contribution in [-0.4, -0.2) is 237 Å². The van der Waals surface area contributed by atoms with Gasteiger partial charge in [0.05, 0.1) is 21.7 Å². The summed E-state index contributed by atoms with van der Waals surface area (Å²) < 4.78 is 2.98. The molecule has 6 heterocycles. The van der Waals surface area contributed by atoms with Gasteiger partial charge in [-0.05, 0) is 118 Å². The molecule has 73 heavy (non-hydrogen) atoms. The molecule has 18 nitrogen and oxygen atoms in total. The molecule has 0 amide bonds. The quantitative estimate of drug-likeness (QED) is 0.0503. The number of piperazine rings is 4. The molecule has 6 aliphatic rings. The second-order valence-corrected chi connectivity index (χ2v) is 21.7. The van der Waals surface area contributed by atoms with E-state index in [1.54, 1.807) is 6.07 Å². The summed E-state index contributed by atoms with van der Waals surface area (Å²) in [7, 11) is 8.73. The lowest BCUT2D eigenvalue weighted by molar-refractivity contribution is -0.122. The molecule has 8 rings (SSSR count). The van der Waals surface area contributed by atoms with Crippen LogP contribution < -0.4 is 27.4 Å². The second-order valence-electron chi connectivity index (χ2n) is 21.7. The minimum Gasteiger partial charge on any atom is -0.494 e. The fourth-order valence-corrected chi connectivity index (χ4v) is 11.4. The molecular formula is C55H90N12O6. The SMILES string of the molecule is CN1CCN(CCCCCN=c2cc3c(=O)n(CCCCCN4CCN(C)CC4)c(=O)c4c(NCCCCCN5CCN(C)CC5)cc5c(O)n(CCCCCN6CCN(C)CC6)c(=O)c2c5c4-3)CC1.O=CO. The Morgan fingerprint density at radius 1 is 0.493 bits per heavy atom. The average molecular weight is 1020 g/mol. The number of pyridine rings is 2. The van der Waals surface area contributed by atoms with E-state index >= 15 is 0 Å². The Kier molecular flexibility index (Phi) is 22.1. The van der Waals surface area contributed by atoms with Crippen molar-refractivity contribution in [3.8, 4) is 17.0 Å². The third-order valence-corrected chi connectivity index (χ3v) is 16.3. The fourth-order valence-electron chi connectivity index (χ4n) is 11.4. The van der Waals surface area contributed by atoms with Gasteiger partial charge in [0.2, 0.25) is 5.88 Å². The summed E-state index contributed by atoms with van der Waals surface area (Å²) in [5.41, 5.74) is 0.516. The van der Waals surface area contributed by atoms with Crippen molar-refractivity contribution in [1.29, 1.82) is 0 Å². The van der Waals surface area contributed by atoms with Crippen molar-refractivity contribution in [2.75, 3.05) is 177 Å². The van der Waals surface area contributed by atoms with Crippen LogP contribution in [0.25, 0.3) is 32.7 Å². The number of rotatable bonds is 25. The van der Waals surface area contributed by atoms with Gasteiger partial charge in [0.1, 0.15) is 0 Å². The van der Waals surface area contributed by atoms with Crippen molar-refractivity contribution in [2.45, 2.75) is 90.1 Å². The molecule has 0 radical (unpaired) electrons.